The number of nitrogens with zero attached hydrogens (tertiary/aromatic N) is 2. The minimum atomic E-state index is -2.40. The number of hydrogen-bond donors (Lipinski definition) is 1. The molecular weight excluding hydrogens is 795 g/mol. The maximum atomic E-state index is 14.6. The molecule has 0 saturated carbocycles. The molecule has 0 spiro atoms. The first-order valence-corrected chi connectivity index (χ1v) is 22.5. The molecule has 18 heteroatoms. The Morgan fingerprint density at radius 3 is 2.42 bits per heavy atom. The SMILES string of the molecule is CC1=C(CC(=O)OC(COC(=O)CCCO[N+](=O)[O-])C(=O)Oc2ccc(P(=S)(S)N3CCOCC3)cc2)c2cc(F)ccc2/C1=C\c1ccc(S(C)=O)cc1. The van der Waals surface area contributed by atoms with Crippen molar-refractivity contribution < 1.29 is 51.9 Å². The molecule has 0 amide bonds. The van der Waals surface area contributed by atoms with Gasteiger partial charge in [0.2, 0.25) is 6.10 Å². The second kappa shape index (κ2) is 19.1. The highest BCUT2D eigenvalue weighted by Gasteiger charge is 2.31. The summed E-state index contributed by atoms with van der Waals surface area (Å²) in [6.45, 7) is 3.09. The first-order valence-electron chi connectivity index (χ1n) is 17.0. The highest BCUT2D eigenvalue weighted by Crippen LogP contribution is 2.53. The summed E-state index contributed by atoms with van der Waals surface area (Å²) in [7, 11) is -1.16. The van der Waals surface area contributed by atoms with Crippen molar-refractivity contribution in [2.45, 2.75) is 37.2 Å². The zero-order valence-electron chi connectivity index (χ0n) is 29.8. The van der Waals surface area contributed by atoms with Gasteiger partial charge in [0.25, 0.3) is 5.09 Å². The summed E-state index contributed by atoms with van der Waals surface area (Å²) in [5.74, 6) is -3.15. The molecule has 0 radical (unpaired) electrons. The molecule has 5 rings (SSSR count). The first-order chi connectivity index (χ1) is 26.2. The fourth-order valence-corrected chi connectivity index (χ4v) is 9.75. The van der Waals surface area contributed by atoms with Crippen LogP contribution in [0.4, 0.5) is 4.39 Å². The monoisotopic (exact) mass is 832 g/mol. The van der Waals surface area contributed by atoms with Crippen molar-refractivity contribution in [3.05, 3.63) is 105 Å². The van der Waals surface area contributed by atoms with Crippen molar-refractivity contribution in [2.75, 3.05) is 45.8 Å². The number of allylic oxidation sites excluding steroid dienone is 2. The summed E-state index contributed by atoms with van der Waals surface area (Å²) in [4.78, 5) is 54.7. The van der Waals surface area contributed by atoms with E-state index < -0.39 is 57.7 Å². The Bertz CT molecular complexity index is 2070. The van der Waals surface area contributed by atoms with Gasteiger partial charge in [-0.15, -0.1) is 22.4 Å². The fraction of sp³-hybridized carbons (Fsp3) is 0.324. The number of benzene rings is 3. The molecule has 3 aromatic carbocycles. The summed E-state index contributed by atoms with van der Waals surface area (Å²) in [5, 5.41) is 7.79. The molecule has 1 aliphatic carbocycles. The third-order valence-electron chi connectivity index (χ3n) is 8.71. The average Bonchev–Trinajstić information content (AvgIpc) is 3.40. The van der Waals surface area contributed by atoms with Crippen LogP contribution in [0.5, 0.6) is 5.75 Å². The van der Waals surface area contributed by atoms with Gasteiger partial charge >= 0.3 is 17.9 Å². The van der Waals surface area contributed by atoms with Crippen molar-refractivity contribution in [1.82, 2.24) is 4.67 Å². The van der Waals surface area contributed by atoms with Crippen LogP contribution in [0.25, 0.3) is 17.2 Å². The summed E-state index contributed by atoms with van der Waals surface area (Å²) in [6, 6.07) is 17.8. The van der Waals surface area contributed by atoms with E-state index in [2.05, 4.69) is 9.51 Å². The van der Waals surface area contributed by atoms with Gasteiger partial charge in [0.15, 0.2) is 0 Å². The third kappa shape index (κ3) is 11.2. The van der Waals surface area contributed by atoms with E-state index in [-0.39, 0.29) is 31.6 Å². The van der Waals surface area contributed by atoms with E-state index >= 15 is 0 Å². The molecule has 1 heterocycles. The van der Waals surface area contributed by atoms with Gasteiger partial charge in [0, 0.05) is 46.8 Å². The lowest BCUT2D eigenvalue weighted by atomic mass is 10.0. The van der Waals surface area contributed by atoms with Crippen LogP contribution in [0.2, 0.25) is 0 Å². The number of rotatable bonds is 16. The number of carbonyl (C=O) groups is 3. The Kier molecular flexibility index (Phi) is 14.5. The lowest BCUT2D eigenvalue weighted by Gasteiger charge is -2.34. The number of morpholine rings is 1. The summed E-state index contributed by atoms with van der Waals surface area (Å²) in [6.07, 6.45) is 1.08. The summed E-state index contributed by atoms with van der Waals surface area (Å²) < 4.78 is 50.3. The minimum Gasteiger partial charge on any atom is -0.461 e. The van der Waals surface area contributed by atoms with Gasteiger partial charge < -0.3 is 23.8 Å². The van der Waals surface area contributed by atoms with Crippen molar-refractivity contribution in [3.63, 3.8) is 0 Å². The minimum absolute atomic E-state index is 0.0365. The lowest BCUT2D eigenvalue weighted by molar-refractivity contribution is -0.757. The van der Waals surface area contributed by atoms with Crippen molar-refractivity contribution in [3.8, 4) is 5.75 Å². The zero-order chi connectivity index (χ0) is 39.7. The van der Waals surface area contributed by atoms with Gasteiger partial charge in [-0.2, -0.15) is 0 Å². The molecule has 0 bridgehead atoms. The zero-order valence-corrected chi connectivity index (χ0v) is 33.3. The molecule has 292 valence electrons. The molecule has 1 fully saturated rings. The second-order valence-electron chi connectivity index (χ2n) is 12.4. The maximum Gasteiger partial charge on any atom is 0.356 e. The van der Waals surface area contributed by atoms with E-state index in [1.807, 2.05) is 18.2 Å². The third-order valence-corrected chi connectivity index (χ3v) is 14.6. The van der Waals surface area contributed by atoms with Crippen LogP contribution in [0, 0.1) is 15.9 Å². The Balaban J connectivity index is 1.33. The Morgan fingerprint density at radius 2 is 1.76 bits per heavy atom. The first kappa shape index (κ1) is 41.9. The second-order valence-corrected chi connectivity index (χ2v) is 20.1. The Morgan fingerprint density at radius 1 is 1.07 bits per heavy atom. The Hall–Kier alpha value is -4.25. The van der Waals surface area contributed by atoms with Crippen molar-refractivity contribution >= 4 is 80.7 Å². The molecule has 3 atom stereocenters. The largest absolute Gasteiger partial charge is 0.461 e. The van der Waals surface area contributed by atoms with Crippen LogP contribution >= 0.6 is 17.6 Å². The number of carbonyl (C=O) groups excluding carboxylic acids is 3. The number of thiol groups is 1. The smallest absolute Gasteiger partial charge is 0.356 e. The van der Waals surface area contributed by atoms with E-state index in [4.69, 9.17) is 43.0 Å². The van der Waals surface area contributed by atoms with Crippen molar-refractivity contribution in [1.29, 1.82) is 0 Å². The van der Waals surface area contributed by atoms with Gasteiger partial charge in [-0.3, -0.25) is 18.5 Å². The molecule has 3 unspecified atom stereocenters. The molecule has 55 heavy (non-hydrogen) atoms. The molecule has 2 aliphatic rings. The predicted molar refractivity (Wildman–Crippen MR) is 211 cm³/mol. The van der Waals surface area contributed by atoms with Crippen LogP contribution in [-0.2, 0) is 56.0 Å². The normalized spacial score (nSPS) is 17.1. The van der Waals surface area contributed by atoms with E-state index in [0.29, 0.717) is 53.5 Å². The van der Waals surface area contributed by atoms with Gasteiger partial charge in [-0.1, -0.05) is 30.0 Å². The van der Waals surface area contributed by atoms with E-state index in [9.17, 15) is 33.1 Å². The highest BCUT2D eigenvalue weighted by molar-refractivity contribution is 8.65. The van der Waals surface area contributed by atoms with Gasteiger partial charge in [-0.25, -0.2) is 9.18 Å². The number of hydrogen-bond acceptors (Lipinski definition) is 12. The van der Waals surface area contributed by atoms with E-state index in [0.717, 1.165) is 16.4 Å². The molecule has 0 N–H and O–H groups in total. The molecule has 13 nitrogen and oxygen atoms in total. The van der Waals surface area contributed by atoms with Gasteiger partial charge in [-0.05, 0) is 101 Å². The fourth-order valence-electron chi connectivity index (χ4n) is 5.87. The van der Waals surface area contributed by atoms with E-state index in [1.165, 1.54) is 24.3 Å². The van der Waals surface area contributed by atoms with Gasteiger partial charge in [0.05, 0.1) is 31.6 Å². The van der Waals surface area contributed by atoms with Crippen LogP contribution < -0.4 is 10.0 Å². The number of halogens is 1. The highest BCUT2D eigenvalue weighted by atomic mass is 32.9. The summed E-state index contributed by atoms with van der Waals surface area (Å²) >= 11 is 10.7. The lowest BCUT2D eigenvalue weighted by Crippen LogP contribution is -2.36. The van der Waals surface area contributed by atoms with Crippen LogP contribution in [0.3, 0.4) is 0 Å². The number of esters is 3. The maximum absolute atomic E-state index is 14.6. The topological polar surface area (TPSA) is 161 Å². The predicted octanol–water partition coefficient (Wildman–Crippen LogP) is 5.53. The number of fused-ring (bicyclic) bond motifs is 1. The van der Waals surface area contributed by atoms with Crippen LogP contribution in [-0.4, -0.2) is 83.8 Å². The quantitative estimate of drug-likeness (QED) is 0.0366. The molecule has 1 saturated heterocycles. The van der Waals surface area contributed by atoms with Crippen LogP contribution in [0.15, 0.2) is 77.2 Å². The summed E-state index contributed by atoms with van der Waals surface area (Å²) in [5.41, 5.74) is 3.81. The van der Waals surface area contributed by atoms with Gasteiger partial charge in [0.1, 0.15) is 18.2 Å². The molecule has 0 aromatic heterocycles. The van der Waals surface area contributed by atoms with E-state index in [1.54, 1.807) is 43.5 Å². The molecule has 3 aromatic rings. The Labute approximate surface area is 329 Å². The van der Waals surface area contributed by atoms with Crippen LogP contribution in [0.1, 0.15) is 42.9 Å². The molecule has 1 aliphatic heterocycles. The number of ether oxygens (including phenoxy) is 4. The average molecular weight is 833 g/mol. The van der Waals surface area contributed by atoms with Crippen molar-refractivity contribution in [2.24, 2.45) is 0 Å². The standard InChI is InChI=1S/C37H38FN2O11PS3/c1-24-31(20-25-5-12-29(13-6-25)55(2)46)30-14-7-26(38)21-33(30)32(24)22-36(42)51-34(23-48-35(41)4-3-17-49-40(44)45)37(43)50-27-8-10-28(11-9-27)52(53,54)39-15-18-47-19-16-39/h5-14,20-21,34H,3-4,15-19,22-23H2,1-2H3,(H,53,54)/b31-20-. The molecular formula is C37H38FN2O11PS3.